The first kappa shape index (κ1) is 12.5. The SMILES string of the molecule is C=CCOC(=O)N[C@@H]1CC(=O)OC1OCC. The van der Waals surface area contributed by atoms with Gasteiger partial charge in [-0.15, -0.1) is 0 Å². The summed E-state index contributed by atoms with van der Waals surface area (Å²) in [4.78, 5) is 22.2. The zero-order valence-electron chi connectivity index (χ0n) is 9.10. The lowest BCUT2D eigenvalue weighted by Crippen LogP contribution is -2.41. The zero-order chi connectivity index (χ0) is 12.0. The van der Waals surface area contributed by atoms with Gasteiger partial charge >= 0.3 is 12.1 Å². The lowest BCUT2D eigenvalue weighted by molar-refractivity contribution is -0.163. The van der Waals surface area contributed by atoms with Crippen LogP contribution >= 0.6 is 0 Å². The molecule has 0 aromatic carbocycles. The molecule has 1 N–H and O–H groups in total. The fraction of sp³-hybridized carbons (Fsp3) is 0.600. The molecule has 0 bridgehead atoms. The van der Waals surface area contributed by atoms with Crippen molar-refractivity contribution in [1.29, 1.82) is 0 Å². The van der Waals surface area contributed by atoms with Crippen LogP contribution in [-0.4, -0.2) is 37.6 Å². The fourth-order valence-electron chi connectivity index (χ4n) is 1.30. The van der Waals surface area contributed by atoms with Crippen molar-refractivity contribution in [1.82, 2.24) is 5.32 Å². The Labute approximate surface area is 93.5 Å². The van der Waals surface area contributed by atoms with Crippen LogP contribution in [-0.2, 0) is 19.0 Å². The molecule has 1 unspecified atom stereocenters. The number of amides is 1. The second-order valence-electron chi connectivity index (χ2n) is 3.16. The summed E-state index contributed by atoms with van der Waals surface area (Å²) in [6.45, 7) is 5.71. The number of hydrogen-bond donors (Lipinski definition) is 1. The molecule has 0 aliphatic carbocycles. The summed E-state index contributed by atoms with van der Waals surface area (Å²) in [5.41, 5.74) is 0. The van der Waals surface area contributed by atoms with Crippen molar-refractivity contribution in [3.63, 3.8) is 0 Å². The number of carbonyl (C=O) groups is 2. The monoisotopic (exact) mass is 229 g/mol. The van der Waals surface area contributed by atoms with E-state index in [1.165, 1.54) is 6.08 Å². The third-order valence-electron chi connectivity index (χ3n) is 1.93. The Balaban J connectivity index is 2.41. The summed E-state index contributed by atoms with van der Waals surface area (Å²) in [5.74, 6) is -0.396. The molecule has 0 aromatic rings. The maximum Gasteiger partial charge on any atom is 0.407 e. The van der Waals surface area contributed by atoms with Gasteiger partial charge in [0.15, 0.2) is 0 Å². The van der Waals surface area contributed by atoms with E-state index in [9.17, 15) is 9.59 Å². The minimum absolute atomic E-state index is 0.0911. The number of ether oxygens (including phenoxy) is 3. The third-order valence-corrected chi connectivity index (χ3v) is 1.93. The minimum atomic E-state index is -0.728. The lowest BCUT2D eigenvalue weighted by atomic mass is 10.2. The van der Waals surface area contributed by atoms with E-state index in [1.54, 1.807) is 6.92 Å². The van der Waals surface area contributed by atoms with Crippen LogP contribution in [0.3, 0.4) is 0 Å². The number of carbonyl (C=O) groups excluding carboxylic acids is 2. The molecule has 1 rings (SSSR count). The highest BCUT2D eigenvalue weighted by molar-refractivity contribution is 5.75. The van der Waals surface area contributed by atoms with Crippen molar-refractivity contribution < 1.29 is 23.8 Å². The summed E-state index contributed by atoms with van der Waals surface area (Å²) in [7, 11) is 0. The summed E-state index contributed by atoms with van der Waals surface area (Å²) in [5, 5.41) is 2.50. The average Bonchev–Trinajstić information content (AvgIpc) is 2.56. The third kappa shape index (κ3) is 3.54. The molecule has 6 nitrogen and oxygen atoms in total. The molecular weight excluding hydrogens is 214 g/mol. The molecule has 1 aliphatic rings. The van der Waals surface area contributed by atoms with Crippen LogP contribution in [0, 0.1) is 0 Å². The van der Waals surface area contributed by atoms with Crippen LogP contribution < -0.4 is 5.32 Å². The Morgan fingerprint density at radius 2 is 2.50 bits per heavy atom. The Hall–Kier alpha value is -1.56. The summed E-state index contributed by atoms with van der Waals surface area (Å²) < 4.78 is 14.8. The van der Waals surface area contributed by atoms with Gasteiger partial charge < -0.3 is 19.5 Å². The zero-order valence-corrected chi connectivity index (χ0v) is 9.10. The van der Waals surface area contributed by atoms with Gasteiger partial charge in [-0.25, -0.2) is 4.79 Å². The van der Waals surface area contributed by atoms with Crippen LogP contribution in [0.2, 0.25) is 0 Å². The van der Waals surface area contributed by atoms with Crippen molar-refractivity contribution in [3.8, 4) is 0 Å². The van der Waals surface area contributed by atoms with E-state index in [4.69, 9.17) is 14.2 Å². The van der Waals surface area contributed by atoms with E-state index >= 15 is 0 Å². The summed E-state index contributed by atoms with van der Waals surface area (Å²) in [6.07, 6.45) is 0.200. The number of alkyl carbamates (subject to hydrolysis) is 1. The van der Waals surface area contributed by atoms with Gasteiger partial charge in [-0.05, 0) is 6.92 Å². The first-order chi connectivity index (χ1) is 7.67. The van der Waals surface area contributed by atoms with E-state index in [-0.39, 0.29) is 13.0 Å². The summed E-state index contributed by atoms with van der Waals surface area (Å²) in [6, 6.07) is -0.496. The van der Waals surface area contributed by atoms with E-state index in [0.717, 1.165) is 0 Å². The molecule has 0 radical (unpaired) electrons. The molecule has 16 heavy (non-hydrogen) atoms. The van der Waals surface area contributed by atoms with Crippen LogP contribution in [0.4, 0.5) is 4.79 Å². The van der Waals surface area contributed by atoms with Crippen molar-refractivity contribution in [3.05, 3.63) is 12.7 Å². The smallest absolute Gasteiger partial charge is 0.407 e. The normalized spacial score (nSPS) is 23.7. The van der Waals surface area contributed by atoms with Gasteiger partial charge in [0.05, 0.1) is 6.42 Å². The topological polar surface area (TPSA) is 73.9 Å². The maximum atomic E-state index is 11.2. The molecule has 1 heterocycles. The number of nitrogens with one attached hydrogen (secondary N) is 1. The second-order valence-corrected chi connectivity index (χ2v) is 3.16. The molecule has 0 saturated carbocycles. The van der Waals surface area contributed by atoms with Crippen molar-refractivity contribution in [2.24, 2.45) is 0 Å². The molecule has 1 aliphatic heterocycles. The van der Waals surface area contributed by atoms with Crippen molar-refractivity contribution >= 4 is 12.1 Å². The molecule has 0 aromatic heterocycles. The quantitative estimate of drug-likeness (QED) is 0.551. The standard InChI is InChI=1S/C10H15NO5/c1-3-5-15-10(13)11-7-6-8(12)16-9(7)14-4-2/h3,7,9H,1,4-6H2,2H3,(H,11,13)/t7-,9?/m1/s1. The Morgan fingerprint density at radius 1 is 1.75 bits per heavy atom. The van der Waals surface area contributed by atoms with Crippen molar-refractivity contribution in [2.75, 3.05) is 13.2 Å². The van der Waals surface area contributed by atoms with Crippen LogP contribution in [0.25, 0.3) is 0 Å². The van der Waals surface area contributed by atoms with E-state index in [1.807, 2.05) is 0 Å². The van der Waals surface area contributed by atoms with Gasteiger partial charge in [0, 0.05) is 6.61 Å². The molecule has 1 saturated heterocycles. The second kappa shape index (κ2) is 6.12. The van der Waals surface area contributed by atoms with Gasteiger partial charge in [-0.3, -0.25) is 4.79 Å². The molecule has 1 amide bonds. The van der Waals surface area contributed by atoms with Gasteiger partial charge in [-0.2, -0.15) is 0 Å². The highest BCUT2D eigenvalue weighted by Gasteiger charge is 2.36. The average molecular weight is 229 g/mol. The maximum absolute atomic E-state index is 11.2. The first-order valence-electron chi connectivity index (χ1n) is 5.02. The van der Waals surface area contributed by atoms with Crippen molar-refractivity contribution in [2.45, 2.75) is 25.7 Å². The van der Waals surface area contributed by atoms with Crippen LogP contribution in [0.1, 0.15) is 13.3 Å². The van der Waals surface area contributed by atoms with Gasteiger partial charge in [0.1, 0.15) is 12.6 Å². The van der Waals surface area contributed by atoms with E-state index in [0.29, 0.717) is 6.61 Å². The fourth-order valence-corrected chi connectivity index (χ4v) is 1.30. The Bertz CT molecular complexity index is 278. The Kier molecular flexibility index (Phi) is 4.78. The lowest BCUT2D eigenvalue weighted by Gasteiger charge is -2.17. The molecule has 6 heteroatoms. The predicted octanol–water partition coefficient (Wildman–Crippen LogP) is 0.577. The number of esters is 1. The highest BCUT2D eigenvalue weighted by atomic mass is 16.7. The van der Waals surface area contributed by atoms with Crippen LogP contribution in [0.5, 0.6) is 0 Å². The van der Waals surface area contributed by atoms with Gasteiger partial charge in [0.25, 0.3) is 0 Å². The molecule has 90 valence electrons. The minimum Gasteiger partial charge on any atom is -0.445 e. The van der Waals surface area contributed by atoms with E-state index in [2.05, 4.69) is 11.9 Å². The highest BCUT2D eigenvalue weighted by Crippen LogP contribution is 2.16. The largest absolute Gasteiger partial charge is 0.445 e. The first-order valence-corrected chi connectivity index (χ1v) is 5.02. The number of rotatable bonds is 5. The molecule has 0 spiro atoms. The van der Waals surface area contributed by atoms with Crippen LogP contribution in [0.15, 0.2) is 12.7 Å². The summed E-state index contributed by atoms with van der Waals surface area (Å²) >= 11 is 0. The number of cyclic esters (lactones) is 1. The predicted molar refractivity (Wildman–Crippen MR) is 54.6 cm³/mol. The molecule has 1 fully saturated rings. The number of hydrogen-bond acceptors (Lipinski definition) is 5. The Morgan fingerprint density at radius 3 is 3.12 bits per heavy atom. The van der Waals surface area contributed by atoms with Gasteiger partial charge in [-0.1, -0.05) is 12.7 Å². The molecular formula is C10H15NO5. The molecule has 2 atom stereocenters. The van der Waals surface area contributed by atoms with E-state index < -0.39 is 24.4 Å². The van der Waals surface area contributed by atoms with Gasteiger partial charge in [0.2, 0.25) is 6.29 Å².